The zero-order valence-corrected chi connectivity index (χ0v) is 31.1. The highest BCUT2D eigenvalue weighted by molar-refractivity contribution is 6.74. The molecule has 48 heavy (non-hydrogen) atoms. The van der Waals surface area contributed by atoms with Gasteiger partial charge in [0.2, 0.25) is 0 Å². The molecule has 0 bridgehead atoms. The van der Waals surface area contributed by atoms with Gasteiger partial charge < -0.3 is 18.6 Å². The lowest BCUT2D eigenvalue weighted by molar-refractivity contribution is -0.0800. The fourth-order valence-corrected chi connectivity index (χ4v) is 6.42. The van der Waals surface area contributed by atoms with E-state index < -0.39 is 20.5 Å². The summed E-state index contributed by atoms with van der Waals surface area (Å²) in [5.41, 5.74) is 6.86. The number of nitrogens with one attached hydrogen (secondary N) is 1. The lowest BCUT2D eigenvalue weighted by Crippen LogP contribution is -2.47. The Labute approximate surface area is 297 Å². The van der Waals surface area contributed by atoms with E-state index in [1.165, 1.54) is 0 Å². The third-order valence-electron chi connectivity index (χ3n) is 8.47. The van der Waals surface area contributed by atoms with Crippen LogP contribution >= 0.6 is 23.2 Å². The van der Waals surface area contributed by atoms with Gasteiger partial charge in [0.25, 0.3) is 0 Å². The maximum absolute atomic E-state index is 7.02. The van der Waals surface area contributed by atoms with Crippen molar-refractivity contribution in [3.05, 3.63) is 136 Å². The number of hydrogen-bond acceptors (Lipinski definition) is 6. The fourth-order valence-electron chi connectivity index (χ4n) is 4.74. The molecular formula is C39H48Cl2N2O4Si. The first-order valence-corrected chi connectivity index (χ1v) is 20.0. The van der Waals surface area contributed by atoms with Crippen LogP contribution in [-0.2, 0) is 38.5 Å². The molecule has 0 fully saturated rings. The van der Waals surface area contributed by atoms with E-state index in [-0.39, 0.29) is 11.1 Å². The lowest BCUT2D eigenvalue weighted by Gasteiger charge is -2.40. The van der Waals surface area contributed by atoms with E-state index >= 15 is 0 Å². The number of rotatable bonds is 18. The molecule has 0 heterocycles. The van der Waals surface area contributed by atoms with Gasteiger partial charge in [-0.15, -0.1) is 0 Å². The van der Waals surface area contributed by atoms with Crippen molar-refractivity contribution in [2.75, 3.05) is 12.0 Å². The van der Waals surface area contributed by atoms with Crippen LogP contribution in [0.25, 0.3) is 0 Å². The van der Waals surface area contributed by atoms with Gasteiger partial charge in [-0.05, 0) is 53.0 Å². The van der Waals surface area contributed by atoms with Crippen molar-refractivity contribution in [2.24, 2.45) is 5.10 Å². The molecule has 0 radical (unpaired) electrons. The van der Waals surface area contributed by atoms with Crippen LogP contribution in [0.1, 0.15) is 43.9 Å². The summed E-state index contributed by atoms with van der Waals surface area (Å²) in [5.74, 6) is 0. The normalized spacial score (nSPS) is 14.1. The molecular weight excluding hydrogens is 659 g/mol. The first kappa shape index (κ1) is 37.8. The summed E-state index contributed by atoms with van der Waals surface area (Å²) in [4.78, 5) is 0. The van der Waals surface area contributed by atoms with Crippen LogP contribution in [0.2, 0.25) is 28.2 Å². The average Bonchev–Trinajstić information content (AvgIpc) is 3.07. The summed E-state index contributed by atoms with van der Waals surface area (Å²) >= 11 is 12.6. The smallest absolute Gasteiger partial charge is 0.192 e. The molecule has 6 nitrogen and oxygen atoms in total. The van der Waals surface area contributed by atoms with Gasteiger partial charge in [0.05, 0.1) is 55.6 Å². The summed E-state index contributed by atoms with van der Waals surface area (Å²) in [7, 11) is -2.19. The van der Waals surface area contributed by atoms with Gasteiger partial charge in [0, 0.05) is 11.4 Å². The van der Waals surface area contributed by atoms with Gasteiger partial charge in [0.1, 0.15) is 6.10 Å². The third-order valence-corrected chi connectivity index (χ3v) is 13.6. The number of halogens is 2. The Kier molecular flexibility index (Phi) is 14.7. The number of nitrogens with zero attached hydrogens (tertiary/aromatic N) is 1. The van der Waals surface area contributed by atoms with E-state index in [4.69, 9.17) is 41.8 Å². The molecule has 256 valence electrons. The lowest BCUT2D eigenvalue weighted by atomic mass is 10.1. The van der Waals surface area contributed by atoms with Gasteiger partial charge in [-0.1, -0.05) is 135 Å². The predicted molar refractivity (Wildman–Crippen MR) is 201 cm³/mol. The number of benzene rings is 4. The van der Waals surface area contributed by atoms with Gasteiger partial charge in [-0.25, -0.2) is 0 Å². The molecule has 9 heteroatoms. The Bertz CT molecular complexity index is 1540. The van der Waals surface area contributed by atoms with Crippen LogP contribution in [0.5, 0.6) is 0 Å². The highest BCUT2D eigenvalue weighted by Crippen LogP contribution is 2.38. The molecule has 0 aliphatic heterocycles. The standard InChI is InChI=1S/C39H48Cl2N2O4Si/c1-39(2,3)48(4,5)47-34(29-44-26-30-15-9-6-10-16-30)24-37(45-27-31-17-11-7-12-18-31)38(46-28-32-19-13-8-14-20-32)25-42-43-36-23-33(40)21-22-35(36)41/h6-23,25,34,37-38,43H,24,26-29H2,1-5H3/b42-25+/t34-,37-,38-/m0/s1. The SMILES string of the molecule is CC(C)(C)[Si](C)(C)O[C@H](COCc1ccccc1)C[C@H](OCc1ccccc1)[C@H](/C=N/Nc1cc(Cl)ccc1Cl)OCc1ccccc1. The molecule has 4 aromatic carbocycles. The highest BCUT2D eigenvalue weighted by Gasteiger charge is 2.40. The van der Waals surface area contributed by atoms with Crippen LogP contribution < -0.4 is 5.43 Å². The molecule has 4 aromatic rings. The number of hydrogen-bond donors (Lipinski definition) is 1. The Morgan fingerprint density at radius 2 is 1.29 bits per heavy atom. The van der Waals surface area contributed by atoms with Crippen molar-refractivity contribution in [1.29, 1.82) is 0 Å². The maximum Gasteiger partial charge on any atom is 0.192 e. The first-order chi connectivity index (χ1) is 23.0. The first-order valence-electron chi connectivity index (χ1n) is 16.3. The van der Waals surface area contributed by atoms with Crippen molar-refractivity contribution in [3.8, 4) is 0 Å². The molecule has 4 rings (SSSR count). The van der Waals surface area contributed by atoms with E-state index in [0.717, 1.165) is 16.7 Å². The molecule has 0 unspecified atom stereocenters. The second-order valence-corrected chi connectivity index (χ2v) is 18.9. The van der Waals surface area contributed by atoms with Crippen molar-refractivity contribution in [3.63, 3.8) is 0 Å². The summed E-state index contributed by atoms with van der Waals surface area (Å²) in [6, 6.07) is 35.6. The molecule has 3 atom stereocenters. The quantitative estimate of drug-likeness (QED) is 0.0634. The molecule has 0 spiro atoms. The molecule has 0 amide bonds. The Morgan fingerprint density at radius 1 is 0.750 bits per heavy atom. The van der Waals surface area contributed by atoms with Crippen LogP contribution in [0.15, 0.2) is 114 Å². The van der Waals surface area contributed by atoms with Crippen LogP contribution in [-0.4, -0.2) is 39.5 Å². The minimum Gasteiger partial charge on any atom is -0.411 e. The minimum atomic E-state index is -2.19. The summed E-state index contributed by atoms with van der Waals surface area (Å²) in [6.45, 7) is 12.9. The maximum atomic E-state index is 7.02. The Balaban J connectivity index is 1.63. The topological polar surface area (TPSA) is 61.3 Å². The molecule has 0 aromatic heterocycles. The van der Waals surface area contributed by atoms with E-state index in [0.29, 0.717) is 48.6 Å². The van der Waals surface area contributed by atoms with Crippen molar-refractivity contribution in [2.45, 2.75) is 83.5 Å². The van der Waals surface area contributed by atoms with E-state index in [1.54, 1.807) is 24.4 Å². The zero-order valence-electron chi connectivity index (χ0n) is 28.6. The second-order valence-electron chi connectivity index (χ2n) is 13.3. The largest absolute Gasteiger partial charge is 0.411 e. The van der Waals surface area contributed by atoms with Gasteiger partial charge in [0.15, 0.2) is 8.32 Å². The summed E-state index contributed by atoms with van der Waals surface area (Å²) in [5, 5.41) is 5.64. The van der Waals surface area contributed by atoms with E-state index in [1.807, 2.05) is 66.7 Å². The van der Waals surface area contributed by atoms with Crippen LogP contribution in [0.3, 0.4) is 0 Å². The molecule has 0 saturated carbocycles. The van der Waals surface area contributed by atoms with E-state index in [2.05, 4.69) is 68.7 Å². The van der Waals surface area contributed by atoms with Gasteiger partial charge in [-0.3, -0.25) is 5.43 Å². The number of hydrazone groups is 1. The summed E-state index contributed by atoms with van der Waals surface area (Å²) < 4.78 is 26.6. The van der Waals surface area contributed by atoms with Crippen LogP contribution in [0.4, 0.5) is 5.69 Å². The molecule has 0 saturated heterocycles. The van der Waals surface area contributed by atoms with Crippen LogP contribution in [0, 0.1) is 0 Å². The number of ether oxygens (including phenoxy) is 3. The fraction of sp³-hybridized carbons (Fsp3) is 0.359. The monoisotopic (exact) mass is 706 g/mol. The van der Waals surface area contributed by atoms with Gasteiger partial charge in [-0.2, -0.15) is 5.10 Å². The van der Waals surface area contributed by atoms with Gasteiger partial charge >= 0.3 is 0 Å². The van der Waals surface area contributed by atoms with E-state index in [9.17, 15) is 0 Å². The van der Waals surface area contributed by atoms with Crippen molar-refractivity contribution >= 4 is 43.4 Å². The highest BCUT2D eigenvalue weighted by atomic mass is 35.5. The minimum absolute atomic E-state index is 0.00981. The molecule has 0 aliphatic rings. The average molecular weight is 708 g/mol. The summed E-state index contributed by atoms with van der Waals surface area (Å²) in [6.07, 6.45) is 1.05. The van der Waals surface area contributed by atoms with Crippen molar-refractivity contribution in [1.82, 2.24) is 0 Å². The Morgan fingerprint density at radius 3 is 1.85 bits per heavy atom. The Hall–Kier alpha value is -3.01. The third kappa shape index (κ3) is 12.5. The zero-order chi connectivity index (χ0) is 34.4. The second kappa shape index (κ2) is 18.7. The predicted octanol–water partition coefficient (Wildman–Crippen LogP) is 10.6. The van der Waals surface area contributed by atoms with Crippen molar-refractivity contribution < 1.29 is 18.6 Å². The molecule has 0 aliphatic carbocycles. The number of anilines is 1. The molecule has 1 N–H and O–H groups in total.